The molecule has 1 aliphatic rings. The molecule has 0 saturated carbocycles. The second-order valence-electron chi connectivity index (χ2n) is 6.71. The van der Waals surface area contributed by atoms with Crippen LogP contribution in [-0.2, 0) is 0 Å². The van der Waals surface area contributed by atoms with Crippen LogP contribution in [0.5, 0.6) is 0 Å². The van der Waals surface area contributed by atoms with Crippen molar-refractivity contribution in [3.05, 3.63) is 62.4 Å². The lowest BCUT2D eigenvalue weighted by Crippen LogP contribution is -2.33. The van der Waals surface area contributed by atoms with Crippen LogP contribution in [-0.4, -0.2) is 23.9 Å². The van der Waals surface area contributed by atoms with E-state index in [-0.39, 0.29) is 16.9 Å². The molecule has 6 nitrogen and oxygen atoms in total. The van der Waals surface area contributed by atoms with Gasteiger partial charge in [-0.15, -0.1) is 0 Å². The average molecular weight is 436 g/mol. The van der Waals surface area contributed by atoms with Crippen LogP contribution < -0.4 is 10.2 Å². The van der Waals surface area contributed by atoms with Crippen molar-refractivity contribution in [1.82, 2.24) is 0 Å². The van der Waals surface area contributed by atoms with Gasteiger partial charge >= 0.3 is 0 Å². The summed E-state index contributed by atoms with van der Waals surface area (Å²) in [6, 6.07) is 8.64. The molecule has 0 spiro atoms. The zero-order valence-electron chi connectivity index (χ0n) is 14.7. The summed E-state index contributed by atoms with van der Waals surface area (Å²) in [7, 11) is 0. The largest absolute Gasteiger partial charge is 0.366 e. The Kier molecular flexibility index (Phi) is 5.74. The second-order valence-corrected chi connectivity index (χ2v) is 7.62. The number of carbonyl (C=O) groups excluding carboxylic acids is 1. The van der Waals surface area contributed by atoms with Gasteiger partial charge in [-0.1, -0.05) is 22.9 Å². The third kappa shape index (κ3) is 4.44. The van der Waals surface area contributed by atoms with Crippen molar-refractivity contribution < 1.29 is 14.1 Å². The SMILES string of the molecule is CC1CCN(c2ccc(C(=O)Nc3ccc(Br)cc3F)cc2[N+](=O)[O-])CC1. The Morgan fingerprint density at radius 2 is 1.96 bits per heavy atom. The van der Waals surface area contributed by atoms with Gasteiger partial charge in [-0.3, -0.25) is 14.9 Å². The molecular formula is C19H19BrFN3O3. The predicted molar refractivity (Wildman–Crippen MR) is 106 cm³/mol. The maximum atomic E-state index is 13.9. The van der Waals surface area contributed by atoms with Gasteiger partial charge in [0, 0.05) is 29.2 Å². The number of halogens is 2. The minimum absolute atomic E-state index is 0.0138. The van der Waals surface area contributed by atoms with Crippen LogP contribution >= 0.6 is 15.9 Å². The topological polar surface area (TPSA) is 75.5 Å². The van der Waals surface area contributed by atoms with Crippen molar-refractivity contribution >= 4 is 38.9 Å². The van der Waals surface area contributed by atoms with Crippen LogP contribution in [0.2, 0.25) is 0 Å². The first-order valence-electron chi connectivity index (χ1n) is 8.65. The summed E-state index contributed by atoms with van der Waals surface area (Å²) in [5, 5.41) is 14.0. The summed E-state index contributed by atoms with van der Waals surface area (Å²) in [6.45, 7) is 3.66. The zero-order chi connectivity index (χ0) is 19.6. The molecule has 1 heterocycles. The fraction of sp³-hybridized carbons (Fsp3) is 0.316. The minimum Gasteiger partial charge on any atom is -0.366 e. The smallest absolute Gasteiger partial charge is 0.293 e. The van der Waals surface area contributed by atoms with Crippen LogP contribution in [0.15, 0.2) is 40.9 Å². The van der Waals surface area contributed by atoms with Crippen molar-refractivity contribution in [3.8, 4) is 0 Å². The molecule has 1 amide bonds. The molecule has 0 aliphatic carbocycles. The molecule has 2 aromatic rings. The van der Waals surface area contributed by atoms with Gasteiger partial charge in [0.2, 0.25) is 0 Å². The molecule has 0 bridgehead atoms. The van der Waals surface area contributed by atoms with Gasteiger partial charge in [-0.25, -0.2) is 4.39 Å². The van der Waals surface area contributed by atoms with Crippen molar-refractivity contribution in [2.24, 2.45) is 5.92 Å². The molecule has 27 heavy (non-hydrogen) atoms. The number of nitrogens with one attached hydrogen (secondary N) is 1. The molecular weight excluding hydrogens is 417 g/mol. The highest BCUT2D eigenvalue weighted by Crippen LogP contribution is 2.32. The Morgan fingerprint density at radius 3 is 2.59 bits per heavy atom. The van der Waals surface area contributed by atoms with Crippen LogP contribution in [0.3, 0.4) is 0 Å². The molecule has 3 rings (SSSR count). The first-order valence-corrected chi connectivity index (χ1v) is 9.44. The van der Waals surface area contributed by atoms with Crippen LogP contribution in [0, 0.1) is 21.8 Å². The van der Waals surface area contributed by atoms with Crippen molar-refractivity contribution in [2.75, 3.05) is 23.3 Å². The highest BCUT2D eigenvalue weighted by atomic mass is 79.9. The highest BCUT2D eigenvalue weighted by molar-refractivity contribution is 9.10. The van der Waals surface area contributed by atoms with E-state index in [4.69, 9.17) is 0 Å². The maximum absolute atomic E-state index is 13.9. The van der Waals surface area contributed by atoms with E-state index in [1.165, 1.54) is 24.3 Å². The number of nitro benzene ring substituents is 1. The number of hydrogen-bond donors (Lipinski definition) is 1. The van der Waals surface area contributed by atoms with Gasteiger partial charge in [-0.05, 0) is 49.1 Å². The normalized spacial score (nSPS) is 14.9. The molecule has 2 aromatic carbocycles. The number of benzene rings is 2. The molecule has 0 radical (unpaired) electrons. The predicted octanol–water partition coefficient (Wildman–Crippen LogP) is 4.99. The van der Waals surface area contributed by atoms with E-state index in [1.54, 1.807) is 12.1 Å². The van der Waals surface area contributed by atoms with E-state index >= 15 is 0 Å². The summed E-state index contributed by atoms with van der Waals surface area (Å²) in [5.41, 5.74) is 0.518. The Labute approximate surface area is 164 Å². The number of amides is 1. The highest BCUT2D eigenvalue weighted by Gasteiger charge is 2.25. The number of hydrogen-bond acceptors (Lipinski definition) is 4. The first kappa shape index (κ1) is 19.3. The van der Waals surface area contributed by atoms with Gasteiger partial charge in [-0.2, -0.15) is 0 Å². The van der Waals surface area contributed by atoms with E-state index < -0.39 is 16.6 Å². The molecule has 0 aromatic heterocycles. The molecule has 1 aliphatic heterocycles. The lowest BCUT2D eigenvalue weighted by molar-refractivity contribution is -0.384. The second kappa shape index (κ2) is 8.04. The van der Waals surface area contributed by atoms with Crippen LogP contribution in [0.25, 0.3) is 0 Å². The van der Waals surface area contributed by atoms with E-state index in [0.717, 1.165) is 25.9 Å². The number of carbonyl (C=O) groups is 1. The molecule has 1 fully saturated rings. The molecule has 1 N–H and O–H groups in total. The minimum atomic E-state index is -0.599. The van der Waals surface area contributed by atoms with Gasteiger partial charge in [0.15, 0.2) is 0 Å². The van der Waals surface area contributed by atoms with Gasteiger partial charge in [0.25, 0.3) is 11.6 Å². The Balaban J connectivity index is 1.85. The number of rotatable bonds is 4. The third-order valence-corrected chi connectivity index (χ3v) is 5.23. The number of nitrogens with zero attached hydrogens (tertiary/aromatic N) is 2. The summed E-state index contributed by atoms with van der Waals surface area (Å²) in [4.78, 5) is 25.5. The van der Waals surface area contributed by atoms with Crippen molar-refractivity contribution in [2.45, 2.75) is 19.8 Å². The summed E-state index contributed by atoms with van der Waals surface area (Å²) in [6.07, 6.45) is 1.95. The molecule has 142 valence electrons. The molecule has 0 unspecified atom stereocenters. The van der Waals surface area contributed by atoms with Gasteiger partial charge < -0.3 is 10.2 Å². The van der Waals surface area contributed by atoms with Crippen molar-refractivity contribution in [3.63, 3.8) is 0 Å². The summed E-state index contributed by atoms with van der Waals surface area (Å²) >= 11 is 3.15. The summed E-state index contributed by atoms with van der Waals surface area (Å²) < 4.78 is 14.5. The molecule has 8 heteroatoms. The first-order chi connectivity index (χ1) is 12.8. The monoisotopic (exact) mass is 435 g/mol. The maximum Gasteiger partial charge on any atom is 0.293 e. The lowest BCUT2D eigenvalue weighted by Gasteiger charge is -2.31. The molecule has 0 atom stereocenters. The van der Waals surface area contributed by atoms with E-state index in [9.17, 15) is 19.3 Å². The van der Waals surface area contributed by atoms with Gasteiger partial charge in [0.1, 0.15) is 11.5 Å². The zero-order valence-corrected chi connectivity index (χ0v) is 16.3. The third-order valence-electron chi connectivity index (χ3n) is 4.74. The van der Waals surface area contributed by atoms with E-state index in [2.05, 4.69) is 28.2 Å². The Bertz CT molecular complexity index is 882. The Hall–Kier alpha value is -2.48. The van der Waals surface area contributed by atoms with Gasteiger partial charge in [0.05, 0.1) is 10.6 Å². The number of anilines is 2. The standard InChI is InChI=1S/C19H19BrFN3O3/c1-12-6-8-23(9-7-12)17-5-2-13(10-18(17)24(26)27)19(25)22-16-4-3-14(20)11-15(16)21/h2-5,10-12H,6-9H2,1H3,(H,22,25). The van der Waals surface area contributed by atoms with E-state index in [0.29, 0.717) is 16.1 Å². The molecule has 1 saturated heterocycles. The van der Waals surface area contributed by atoms with E-state index in [1.807, 2.05) is 4.90 Å². The fourth-order valence-electron chi connectivity index (χ4n) is 3.11. The van der Waals surface area contributed by atoms with Crippen LogP contribution in [0.1, 0.15) is 30.1 Å². The van der Waals surface area contributed by atoms with Crippen LogP contribution in [0.4, 0.5) is 21.5 Å². The average Bonchev–Trinajstić information content (AvgIpc) is 2.64. The fourth-order valence-corrected chi connectivity index (χ4v) is 3.45. The summed E-state index contributed by atoms with van der Waals surface area (Å²) in [5.74, 6) is -0.587. The Morgan fingerprint density at radius 1 is 1.26 bits per heavy atom. The number of piperidine rings is 1. The quantitative estimate of drug-likeness (QED) is 0.542. The lowest BCUT2D eigenvalue weighted by atomic mass is 9.98. The number of nitro groups is 1. The van der Waals surface area contributed by atoms with Crippen molar-refractivity contribution in [1.29, 1.82) is 0 Å².